The second-order valence-corrected chi connectivity index (χ2v) is 9.46. The summed E-state index contributed by atoms with van der Waals surface area (Å²) in [5.41, 5.74) is 4.27. The highest BCUT2D eigenvalue weighted by atomic mass is 32.2. The van der Waals surface area contributed by atoms with E-state index in [0.29, 0.717) is 11.8 Å². The van der Waals surface area contributed by atoms with Crippen LogP contribution in [-0.4, -0.2) is 53.2 Å². The van der Waals surface area contributed by atoms with Gasteiger partial charge in [0.1, 0.15) is 0 Å². The number of thioether (sulfide) groups is 1. The van der Waals surface area contributed by atoms with Crippen LogP contribution in [0.3, 0.4) is 0 Å². The Hall–Kier alpha value is -3.30. The van der Waals surface area contributed by atoms with Gasteiger partial charge in [-0.05, 0) is 56.8 Å². The predicted octanol–water partition coefficient (Wildman–Crippen LogP) is 4.96. The van der Waals surface area contributed by atoms with Gasteiger partial charge in [0.2, 0.25) is 5.95 Å². The summed E-state index contributed by atoms with van der Waals surface area (Å²) >= 11 is 1.74. The molecule has 3 aromatic heterocycles. The number of benzene rings is 1. The third kappa shape index (κ3) is 4.41. The van der Waals surface area contributed by atoms with Crippen molar-refractivity contribution < 1.29 is 5.11 Å². The third-order valence-corrected chi connectivity index (χ3v) is 7.17. The number of fused-ring (bicyclic) bond motifs is 1. The van der Waals surface area contributed by atoms with Gasteiger partial charge in [-0.3, -0.25) is 4.90 Å². The third-order valence-electron chi connectivity index (χ3n) is 6.40. The molecule has 4 heterocycles. The molecule has 1 unspecified atom stereocenters. The second kappa shape index (κ2) is 9.52. The number of hydrogen-bond acceptors (Lipinski definition) is 7. The van der Waals surface area contributed by atoms with Crippen LogP contribution in [0.4, 0.5) is 11.6 Å². The van der Waals surface area contributed by atoms with E-state index in [0.717, 1.165) is 49.1 Å². The number of aliphatic hydroxyl groups is 1. The standard InChI is InChI=1S/C25H29N7OS/c1-17-18(14-31-11-4-5-20(31)9-12-33)15-32(29-17)24-8-10-26-25(28-24)27-19-6-7-22-21(13-19)23(34-3)16-30(22)2/h6-10,12-13,15-16,20,33H,4-5,11,14H2,1-3H3,(H,26,27,28). The lowest BCUT2D eigenvalue weighted by Crippen LogP contribution is -2.27. The van der Waals surface area contributed by atoms with Crippen molar-refractivity contribution in [3.05, 3.63) is 66.5 Å². The Bertz CT molecular complexity index is 1340. The van der Waals surface area contributed by atoms with Crippen LogP contribution in [-0.2, 0) is 13.6 Å². The monoisotopic (exact) mass is 475 g/mol. The molecular weight excluding hydrogens is 446 g/mol. The van der Waals surface area contributed by atoms with Gasteiger partial charge >= 0.3 is 0 Å². The van der Waals surface area contributed by atoms with Crippen LogP contribution in [0.15, 0.2) is 60.1 Å². The average molecular weight is 476 g/mol. The first-order chi connectivity index (χ1) is 16.6. The van der Waals surface area contributed by atoms with Gasteiger partial charge in [0.15, 0.2) is 5.82 Å². The minimum absolute atomic E-state index is 0.274. The van der Waals surface area contributed by atoms with E-state index >= 15 is 0 Å². The van der Waals surface area contributed by atoms with Crippen molar-refractivity contribution in [2.24, 2.45) is 7.05 Å². The molecule has 34 heavy (non-hydrogen) atoms. The molecule has 1 aliphatic heterocycles. The van der Waals surface area contributed by atoms with Gasteiger partial charge in [0.05, 0.1) is 12.0 Å². The van der Waals surface area contributed by atoms with Crippen LogP contribution < -0.4 is 5.32 Å². The Morgan fingerprint density at radius 1 is 1.26 bits per heavy atom. The van der Waals surface area contributed by atoms with Crippen LogP contribution >= 0.6 is 11.8 Å². The molecule has 1 saturated heterocycles. The van der Waals surface area contributed by atoms with Gasteiger partial charge in [0, 0.05) is 71.3 Å². The molecule has 5 rings (SSSR count). The number of rotatable bonds is 7. The molecule has 0 spiro atoms. The Morgan fingerprint density at radius 2 is 2.15 bits per heavy atom. The molecule has 0 aliphatic carbocycles. The molecule has 1 fully saturated rings. The number of hydrogen-bond donors (Lipinski definition) is 2. The fourth-order valence-corrected chi connectivity index (χ4v) is 5.26. The molecule has 0 bridgehead atoms. The normalized spacial score (nSPS) is 16.7. The minimum atomic E-state index is 0.274. The van der Waals surface area contributed by atoms with Crippen molar-refractivity contribution in [3.8, 4) is 5.82 Å². The Balaban J connectivity index is 1.36. The SMILES string of the molecule is CSc1cn(C)c2ccc(Nc3nccc(-n4cc(CN5CCCC5C=CO)c(C)n4)n3)cc12. The molecule has 2 N–H and O–H groups in total. The summed E-state index contributed by atoms with van der Waals surface area (Å²) in [5, 5.41) is 18.4. The number of aromatic nitrogens is 5. The first kappa shape index (κ1) is 22.5. The molecule has 0 saturated carbocycles. The first-order valence-corrected chi connectivity index (χ1v) is 12.6. The Kier molecular flexibility index (Phi) is 6.30. The lowest BCUT2D eigenvalue weighted by Gasteiger charge is -2.20. The maximum atomic E-state index is 9.18. The highest BCUT2D eigenvalue weighted by molar-refractivity contribution is 7.98. The predicted molar refractivity (Wildman–Crippen MR) is 137 cm³/mol. The van der Waals surface area contributed by atoms with E-state index in [9.17, 15) is 5.11 Å². The van der Waals surface area contributed by atoms with Crippen molar-refractivity contribution in [2.75, 3.05) is 18.1 Å². The summed E-state index contributed by atoms with van der Waals surface area (Å²) in [6, 6.07) is 8.44. The van der Waals surface area contributed by atoms with E-state index in [1.807, 2.05) is 36.0 Å². The highest BCUT2D eigenvalue weighted by Crippen LogP contribution is 2.31. The molecule has 9 heteroatoms. The van der Waals surface area contributed by atoms with Gasteiger partial charge in [-0.25, -0.2) is 9.67 Å². The zero-order chi connectivity index (χ0) is 23.7. The lowest BCUT2D eigenvalue weighted by molar-refractivity contribution is 0.277. The minimum Gasteiger partial charge on any atom is -0.516 e. The molecule has 0 amide bonds. The largest absolute Gasteiger partial charge is 0.516 e. The quantitative estimate of drug-likeness (QED) is 0.289. The van der Waals surface area contributed by atoms with Gasteiger partial charge < -0.3 is 15.0 Å². The zero-order valence-corrected chi connectivity index (χ0v) is 20.5. The Labute approximate surface area is 203 Å². The maximum Gasteiger partial charge on any atom is 0.229 e. The molecule has 4 aromatic rings. The van der Waals surface area contributed by atoms with Gasteiger partial charge in [-0.2, -0.15) is 10.1 Å². The fraction of sp³-hybridized carbons (Fsp3) is 0.320. The van der Waals surface area contributed by atoms with Crippen molar-refractivity contribution in [2.45, 2.75) is 37.2 Å². The first-order valence-electron chi connectivity index (χ1n) is 11.4. The van der Waals surface area contributed by atoms with Crippen molar-refractivity contribution in [1.29, 1.82) is 0 Å². The smallest absolute Gasteiger partial charge is 0.229 e. The summed E-state index contributed by atoms with van der Waals surface area (Å²) in [6.07, 6.45) is 13.3. The average Bonchev–Trinajstić information content (AvgIpc) is 3.52. The molecule has 1 aromatic carbocycles. The fourth-order valence-electron chi connectivity index (χ4n) is 4.62. The van der Waals surface area contributed by atoms with E-state index < -0.39 is 0 Å². The molecular formula is C25H29N7OS. The van der Waals surface area contributed by atoms with Crippen molar-refractivity contribution in [3.63, 3.8) is 0 Å². The van der Waals surface area contributed by atoms with Gasteiger partial charge in [0.25, 0.3) is 0 Å². The van der Waals surface area contributed by atoms with E-state index in [2.05, 4.69) is 51.4 Å². The molecule has 176 valence electrons. The van der Waals surface area contributed by atoms with Crippen LogP contribution in [0, 0.1) is 6.92 Å². The van der Waals surface area contributed by atoms with E-state index in [-0.39, 0.29) is 6.04 Å². The van der Waals surface area contributed by atoms with Gasteiger partial charge in [-0.1, -0.05) is 0 Å². The van der Waals surface area contributed by atoms with Crippen molar-refractivity contribution >= 4 is 34.3 Å². The topological polar surface area (TPSA) is 84.0 Å². The summed E-state index contributed by atoms with van der Waals surface area (Å²) in [7, 11) is 2.06. The summed E-state index contributed by atoms with van der Waals surface area (Å²) in [6.45, 7) is 3.84. The van der Waals surface area contributed by atoms with E-state index in [1.165, 1.54) is 15.8 Å². The number of aryl methyl sites for hydroxylation is 2. The second-order valence-electron chi connectivity index (χ2n) is 8.61. The van der Waals surface area contributed by atoms with Gasteiger partial charge in [-0.15, -0.1) is 11.8 Å². The highest BCUT2D eigenvalue weighted by Gasteiger charge is 2.23. The Morgan fingerprint density at radius 3 is 2.97 bits per heavy atom. The van der Waals surface area contributed by atoms with E-state index in [4.69, 9.17) is 10.1 Å². The molecule has 1 atom stereocenters. The number of aliphatic hydroxyl groups excluding tert-OH is 1. The summed E-state index contributed by atoms with van der Waals surface area (Å²) < 4.78 is 3.96. The lowest BCUT2D eigenvalue weighted by atomic mass is 10.2. The van der Waals surface area contributed by atoms with Crippen LogP contribution in [0.5, 0.6) is 0 Å². The number of nitrogens with zero attached hydrogens (tertiary/aromatic N) is 6. The molecule has 0 radical (unpaired) electrons. The molecule has 8 nitrogen and oxygen atoms in total. The summed E-state index contributed by atoms with van der Waals surface area (Å²) in [5.74, 6) is 1.24. The number of anilines is 2. The number of likely N-dealkylation sites (tertiary alicyclic amines) is 1. The summed E-state index contributed by atoms with van der Waals surface area (Å²) in [4.78, 5) is 12.7. The van der Waals surface area contributed by atoms with Crippen LogP contribution in [0.1, 0.15) is 24.1 Å². The molecule has 1 aliphatic rings. The number of nitrogens with one attached hydrogen (secondary N) is 1. The van der Waals surface area contributed by atoms with Crippen LogP contribution in [0.2, 0.25) is 0 Å². The van der Waals surface area contributed by atoms with Crippen LogP contribution in [0.25, 0.3) is 16.7 Å². The maximum absolute atomic E-state index is 9.18. The van der Waals surface area contributed by atoms with Crippen molar-refractivity contribution in [1.82, 2.24) is 29.2 Å². The zero-order valence-electron chi connectivity index (χ0n) is 19.6. The van der Waals surface area contributed by atoms with E-state index in [1.54, 1.807) is 18.0 Å².